The second-order valence-electron chi connectivity index (χ2n) is 6.17. The van der Waals surface area contributed by atoms with E-state index in [-0.39, 0.29) is 11.6 Å². The van der Waals surface area contributed by atoms with Crippen LogP contribution in [-0.4, -0.2) is 14.5 Å². The Labute approximate surface area is 145 Å². The van der Waals surface area contributed by atoms with Gasteiger partial charge in [0, 0.05) is 24.2 Å². The van der Waals surface area contributed by atoms with Gasteiger partial charge in [-0.1, -0.05) is 42.8 Å². The van der Waals surface area contributed by atoms with Crippen LogP contribution in [0.5, 0.6) is 0 Å². The lowest BCUT2D eigenvalue weighted by molar-refractivity contribution is 0.457. The van der Waals surface area contributed by atoms with Crippen molar-refractivity contribution in [3.8, 4) is 0 Å². The van der Waals surface area contributed by atoms with E-state index < -0.39 is 0 Å². The Bertz CT molecular complexity index is 901. The van der Waals surface area contributed by atoms with Crippen molar-refractivity contribution in [2.45, 2.75) is 42.6 Å². The van der Waals surface area contributed by atoms with Crippen molar-refractivity contribution in [1.29, 1.82) is 0 Å². The Hall–Kier alpha value is -2.14. The van der Waals surface area contributed by atoms with Crippen molar-refractivity contribution in [2.24, 2.45) is 0 Å². The summed E-state index contributed by atoms with van der Waals surface area (Å²) in [6.07, 6.45) is 8.16. The topological polar surface area (TPSA) is 47.8 Å². The standard InChI is InChI=1S/C19H19N3OS/c23-18-16-9-3-4-10-17(16)21-19(22(18)15-7-1-2-8-15)24-13-14-6-5-11-20-12-14/h3-6,9-12,15H,1-2,7-8,13H2. The molecule has 0 bridgehead atoms. The molecule has 1 fully saturated rings. The zero-order valence-electron chi connectivity index (χ0n) is 13.4. The molecule has 3 aromatic rings. The van der Waals surface area contributed by atoms with Gasteiger partial charge >= 0.3 is 0 Å². The summed E-state index contributed by atoms with van der Waals surface area (Å²) < 4.78 is 1.94. The molecule has 122 valence electrons. The summed E-state index contributed by atoms with van der Waals surface area (Å²) in [6, 6.07) is 11.9. The number of fused-ring (bicyclic) bond motifs is 1. The molecule has 0 N–H and O–H groups in total. The molecule has 0 amide bonds. The van der Waals surface area contributed by atoms with Gasteiger partial charge < -0.3 is 0 Å². The number of benzene rings is 1. The first-order chi connectivity index (χ1) is 11.8. The van der Waals surface area contributed by atoms with Crippen LogP contribution in [-0.2, 0) is 5.75 Å². The van der Waals surface area contributed by atoms with E-state index in [2.05, 4.69) is 11.1 Å². The highest BCUT2D eigenvalue weighted by molar-refractivity contribution is 7.98. The van der Waals surface area contributed by atoms with Gasteiger partial charge in [0.05, 0.1) is 10.9 Å². The van der Waals surface area contributed by atoms with Gasteiger partial charge in [0.25, 0.3) is 5.56 Å². The molecule has 0 radical (unpaired) electrons. The van der Waals surface area contributed by atoms with Gasteiger partial charge in [-0.15, -0.1) is 0 Å². The van der Waals surface area contributed by atoms with Crippen molar-refractivity contribution in [1.82, 2.24) is 14.5 Å². The maximum absolute atomic E-state index is 13.0. The number of pyridine rings is 1. The molecule has 0 atom stereocenters. The molecule has 5 heteroatoms. The number of rotatable bonds is 4. The van der Waals surface area contributed by atoms with Crippen LogP contribution in [0.15, 0.2) is 58.7 Å². The molecule has 4 rings (SSSR count). The fraction of sp³-hybridized carbons (Fsp3) is 0.316. The third-order valence-electron chi connectivity index (χ3n) is 4.56. The second-order valence-corrected chi connectivity index (χ2v) is 7.12. The van der Waals surface area contributed by atoms with Crippen molar-refractivity contribution in [2.75, 3.05) is 0 Å². The molecule has 2 aromatic heterocycles. The molecule has 1 aliphatic rings. The zero-order chi connectivity index (χ0) is 16.4. The first-order valence-corrected chi connectivity index (χ1v) is 9.34. The van der Waals surface area contributed by atoms with Crippen molar-refractivity contribution in [3.63, 3.8) is 0 Å². The molecule has 1 saturated carbocycles. The minimum absolute atomic E-state index is 0.0983. The van der Waals surface area contributed by atoms with Crippen LogP contribution >= 0.6 is 11.8 Å². The summed E-state index contributed by atoms with van der Waals surface area (Å²) in [4.78, 5) is 22.0. The van der Waals surface area contributed by atoms with Crippen LogP contribution in [0.3, 0.4) is 0 Å². The van der Waals surface area contributed by atoms with E-state index in [9.17, 15) is 4.79 Å². The molecule has 24 heavy (non-hydrogen) atoms. The van der Waals surface area contributed by atoms with Crippen LogP contribution < -0.4 is 5.56 Å². The summed E-state index contributed by atoms with van der Waals surface area (Å²) >= 11 is 1.63. The quantitative estimate of drug-likeness (QED) is 0.529. The van der Waals surface area contributed by atoms with E-state index >= 15 is 0 Å². The van der Waals surface area contributed by atoms with E-state index in [1.165, 1.54) is 12.8 Å². The van der Waals surface area contributed by atoms with Crippen molar-refractivity contribution < 1.29 is 0 Å². The second kappa shape index (κ2) is 6.77. The van der Waals surface area contributed by atoms with Gasteiger partial charge in [-0.25, -0.2) is 4.98 Å². The van der Waals surface area contributed by atoms with Crippen LogP contribution in [0.4, 0.5) is 0 Å². The zero-order valence-corrected chi connectivity index (χ0v) is 14.2. The third kappa shape index (κ3) is 2.96. The summed E-state index contributed by atoms with van der Waals surface area (Å²) in [5.74, 6) is 0.769. The first kappa shape index (κ1) is 15.4. The molecule has 0 spiro atoms. The molecule has 2 heterocycles. The lowest BCUT2D eigenvalue weighted by Gasteiger charge is -2.18. The molecule has 1 aliphatic carbocycles. The van der Waals surface area contributed by atoms with Crippen LogP contribution in [0.1, 0.15) is 37.3 Å². The molecule has 0 unspecified atom stereocenters. The average molecular weight is 337 g/mol. The maximum Gasteiger partial charge on any atom is 0.262 e. The summed E-state index contributed by atoms with van der Waals surface area (Å²) in [5, 5.41) is 1.55. The normalized spacial score (nSPS) is 15.2. The van der Waals surface area contributed by atoms with E-state index in [1.54, 1.807) is 18.0 Å². The number of aromatic nitrogens is 3. The minimum atomic E-state index is 0.0983. The SMILES string of the molecule is O=c1c2ccccc2nc(SCc2cccnc2)n1C1CCCC1. The van der Waals surface area contributed by atoms with Crippen LogP contribution in [0.25, 0.3) is 10.9 Å². The van der Waals surface area contributed by atoms with Gasteiger partial charge in [-0.3, -0.25) is 14.3 Å². The predicted molar refractivity (Wildman–Crippen MR) is 97.3 cm³/mol. The Balaban J connectivity index is 1.77. The lowest BCUT2D eigenvalue weighted by atomic mass is 10.2. The highest BCUT2D eigenvalue weighted by Crippen LogP contribution is 2.32. The third-order valence-corrected chi connectivity index (χ3v) is 5.58. The average Bonchev–Trinajstić information content (AvgIpc) is 3.15. The molecule has 0 saturated heterocycles. The van der Waals surface area contributed by atoms with Crippen LogP contribution in [0, 0.1) is 0 Å². The molecule has 1 aromatic carbocycles. The highest BCUT2D eigenvalue weighted by Gasteiger charge is 2.22. The van der Waals surface area contributed by atoms with Crippen molar-refractivity contribution in [3.05, 3.63) is 64.7 Å². The van der Waals surface area contributed by atoms with E-state index in [4.69, 9.17) is 4.98 Å². The largest absolute Gasteiger partial charge is 0.284 e. The Morgan fingerprint density at radius 3 is 2.75 bits per heavy atom. The monoisotopic (exact) mass is 337 g/mol. The predicted octanol–water partition coefficient (Wildman–Crippen LogP) is 4.20. The van der Waals surface area contributed by atoms with Gasteiger partial charge in [0.2, 0.25) is 0 Å². The summed E-state index contributed by atoms with van der Waals surface area (Å²) in [6.45, 7) is 0. The maximum atomic E-state index is 13.0. The molecular weight excluding hydrogens is 318 g/mol. The van der Waals surface area contributed by atoms with Gasteiger partial charge in [-0.05, 0) is 36.6 Å². The van der Waals surface area contributed by atoms with Gasteiger partial charge in [-0.2, -0.15) is 0 Å². The molecule has 0 aliphatic heterocycles. The van der Waals surface area contributed by atoms with Gasteiger partial charge in [0.15, 0.2) is 5.16 Å². The van der Waals surface area contributed by atoms with Crippen molar-refractivity contribution >= 4 is 22.7 Å². The van der Waals surface area contributed by atoms with Gasteiger partial charge in [0.1, 0.15) is 0 Å². The van der Waals surface area contributed by atoms with E-state index in [0.717, 1.165) is 40.2 Å². The molecule has 4 nitrogen and oxygen atoms in total. The minimum Gasteiger partial charge on any atom is -0.284 e. The number of hydrogen-bond acceptors (Lipinski definition) is 4. The summed E-state index contributed by atoms with van der Waals surface area (Å²) in [7, 11) is 0. The molecular formula is C19H19N3OS. The number of nitrogens with zero attached hydrogens (tertiary/aromatic N) is 3. The Morgan fingerprint density at radius 1 is 1.12 bits per heavy atom. The number of hydrogen-bond donors (Lipinski definition) is 0. The number of thioether (sulfide) groups is 1. The summed E-state index contributed by atoms with van der Waals surface area (Å²) in [5.41, 5.74) is 2.02. The highest BCUT2D eigenvalue weighted by atomic mass is 32.2. The van der Waals surface area contributed by atoms with Crippen LogP contribution in [0.2, 0.25) is 0 Å². The first-order valence-electron chi connectivity index (χ1n) is 8.36. The Kier molecular flexibility index (Phi) is 4.34. The smallest absolute Gasteiger partial charge is 0.262 e. The Morgan fingerprint density at radius 2 is 1.96 bits per heavy atom. The lowest BCUT2D eigenvalue weighted by Crippen LogP contribution is -2.26. The fourth-order valence-electron chi connectivity index (χ4n) is 3.34. The number of para-hydroxylation sites is 1. The van der Waals surface area contributed by atoms with E-state index in [0.29, 0.717) is 0 Å². The van der Waals surface area contributed by atoms with E-state index in [1.807, 2.05) is 41.1 Å². The fourth-order valence-corrected chi connectivity index (χ4v) is 4.34.